The average molecular weight is 243 g/mol. The van der Waals surface area contributed by atoms with Gasteiger partial charge in [-0.25, -0.2) is 0 Å². The summed E-state index contributed by atoms with van der Waals surface area (Å²) in [5.41, 5.74) is 12.9. The van der Waals surface area contributed by atoms with E-state index in [1.54, 1.807) is 0 Å². The van der Waals surface area contributed by atoms with Crippen LogP contribution < -0.4 is 11.5 Å². The van der Waals surface area contributed by atoms with Gasteiger partial charge in [0, 0.05) is 16.6 Å². The molecule has 0 amide bonds. The van der Waals surface area contributed by atoms with Gasteiger partial charge in [-0.15, -0.1) is 0 Å². The van der Waals surface area contributed by atoms with E-state index in [1.165, 1.54) is 0 Å². The number of nitrogens with two attached hydrogens (primary N) is 2. The Morgan fingerprint density at radius 3 is 2.46 bits per heavy atom. The van der Waals surface area contributed by atoms with Crippen LogP contribution in [0.4, 0.5) is 0 Å². The van der Waals surface area contributed by atoms with Crippen molar-refractivity contribution >= 4 is 15.9 Å². The van der Waals surface area contributed by atoms with Crippen molar-refractivity contribution in [3.8, 4) is 0 Å². The van der Waals surface area contributed by atoms with E-state index in [0.717, 1.165) is 16.5 Å². The Kier molecular flexibility index (Phi) is 3.90. The molecule has 4 N–H and O–H groups in total. The van der Waals surface area contributed by atoms with E-state index >= 15 is 0 Å². The van der Waals surface area contributed by atoms with E-state index in [2.05, 4.69) is 15.9 Å². The molecule has 0 aliphatic carbocycles. The third-order valence-corrected chi connectivity index (χ3v) is 2.92. The molecule has 0 aliphatic rings. The predicted octanol–water partition coefficient (Wildman–Crippen LogP) is 2.19. The smallest absolute Gasteiger partial charge is 0.0459 e. The molecule has 0 heterocycles. The van der Waals surface area contributed by atoms with Gasteiger partial charge in [-0.05, 0) is 18.1 Å². The topological polar surface area (TPSA) is 52.0 Å². The third-order valence-electron chi connectivity index (χ3n) is 2.20. The van der Waals surface area contributed by atoms with Crippen molar-refractivity contribution in [2.24, 2.45) is 11.5 Å². The molecule has 0 saturated carbocycles. The van der Waals surface area contributed by atoms with E-state index in [9.17, 15) is 0 Å². The van der Waals surface area contributed by atoms with Crippen molar-refractivity contribution in [1.82, 2.24) is 0 Å². The van der Waals surface area contributed by atoms with Crippen molar-refractivity contribution in [3.63, 3.8) is 0 Å². The first-order valence-electron chi connectivity index (χ1n) is 4.42. The Bertz CT molecular complexity index is 275. The van der Waals surface area contributed by atoms with Crippen LogP contribution in [0.5, 0.6) is 0 Å². The van der Waals surface area contributed by atoms with Crippen LogP contribution in [0.15, 0.2) is 28.7 Å². The summed E-state index contributed by atoms with van der Waals surface area (Å²) in [7, 11) is 0. The minimum Gasteiger partial charge on any atom is -0.326 e. The summed E-state index contributed by atoms with van der Waals surface area (Å²) in [6.45, 7) is 2.04. The quantitative estimate of drug-likeness (QED) is 0.854. The Morgan fingerprint density at radius 1 is 1.31 bits per heavy atom. The van der Waals surface area contributed by atoms with Gasteiger partial charge >= 0.3 is 0 Å². The second-order valence-corrected chi connectivity index (χ2v) is 3.97. The molecule has 1 aromatic carbocycles. The summed E-state index contributed by atoms with van der Waals surface area (Å²) >= 11 is 3.46. The summed E-state index contributed by atoms with van der Waals surface area (Å²) in [6.07, 6.45) is 0.891. The maximum atomic E-state index is 5.99. The minimum absolute atomic E-state index is 0.0266. The molecule has 1 aromatic rings. The van der Waals surface area contributed by atoms with Crippen LogP contribution in [-0.4, -0.2) is 6.04 Å². The summed E-state index contributed by atoms with van der Waals surface area (Å²) < 4.78 is 1.03. The van der Waals surface area contributed by atoms with Crippen LogP contribution in [0.25, 0.3) is 0 Å². The maximum absolute atomic E-state index is 5.99. The largest absolute Gasteiger partial charge is 0.326 e. The van der Waals surface area contributed by atoms with Crippen LogP contribution in [-0.2, 0) is 0 Å². The highest BCUT2D eigenvalue weighted by Crippen LogP contribution is 2.23. The SMILES string of the molecule is CC[C@H](N)[C@@H](N)c1ccccc1Br. The van der Waals surface area contributed by atoms with Gasteiger partial charge in [-0.1, -0.05) is 41.1 Å². The van der Waals surface area contributed by atoms with Gasteiger partial charge in [0.1, 0.15) is 0 Å². The van der Waals surface area contributed by atoms with Gasteiger partial charge in [0.2, 0.25) is 0 Å². The molecule has 0 radical (unpaired) electrons. The molecule has 2 nitrogen and oxygen atoms in total. The van der Waals surface area contributed by atoms with E-state index < -0.39 is 0 Å². The van der Waals surface area contributed by atoms with Crippen molar-refractivity contribution in [2.45, 2.75) is 25.4 Å². The average Bonchev–Trinajstić information content (AvgIpc) is 2.16. The van der Waals surface area contributed by atoms with Crippen LogP contribution in [0.2, 0.25) is 0 Å². The molecule has 3 heteroatoms. The highest BCUT2D eigenvalue weighted by molar-refractivity contribution is 9.10. The molecule has 2 atom stereocenters. The molecule has 0 fully saturated rings. The minimum atomic E-state index is -0.0828. The molecule has 0 aliphatic heterocycles. The van der Waals surface area contributed by atoms with Gasteiger partial charge in [0.05, 0.1) is 0 Å². The molecule has 1 rings (SSSR count). The van der Waals surface area contributed by atoms with Crippen molar-refractivity contribution in [2.75, 3.05) is 0 Å². The molecular weight excluding hydrogens is 228 g/mol. The maximum Gasteiger partial charge on any atom is 0.0459 e. The summed E-state index contributed by atoms with van der Waals surface area (Å²) in [6, 6.07) is 7.88. The number of rotatable bonds is 3. The number of hydrogen-bond acceptors (Lipinski definition) is 2. The zero-order chi connectivity index (χ0) is 9.84. The molecule has 13 heavy (non-hydrogen) atoms. The van der Waals surface area contributed by atoms with Crippen LogP contribution in [0.1, 0.15) is 24.9 Å². The van der Waals surface area contributed by atoms with E-state index in [4.69, 9.17) is 11.5 Å². The summed E-state index contributed by atoms with van der Waals surface area (Å²) in [5.74, 6) is 0. The van der Waals surface area contributed by atoms with Gasteiger partial charge in [-0.2, -0.15) is 0 Å². The van der Waals surface area contributed by atoms with Gasteiger partial charge in [0.25, 0.3) is 0 Å². The Balaban J connectivity index is 2.88. The Morgan fingerprint density at radius 2 is 1.92 bits per heavy atom. The van der Waals surface area contributed by atoms with Gasteiger partial charge in [0.15, 0.2) is 0 Å². The second-order valence-electron chi connectivity index (χ2n) is 3.12. The lowest BCUT2D eigenvalue weighted by atomic mass is 9.99. The second kappa shape index (κ2) is 4.74. The molecule has 72 valence electrons. The normalized spacial score (nSPS) is 15.4. The van der Waals surface area contributed by atoms with E-state index in [-0.39, 0.29) is 12.1 Å². The monoisotopic (exact) mass is 242 g/mol. The first-order chi connectivity index (χ1) is 6.16. The van der Waals surface area contributed by atoms with Crippen LogP contribution >= 0.6 is 15.9 Å². The first-order valence-corrected chi connectivity index (χ1v) is 5.21. The summed E-state index contributed by atoms with van der Waals surface area (Å²) in [5, 5.41) is 0. The van der Waals surface area contributed by atoms with Gasteiger partial charge < -0.3 is 11.5 Å². The molecule has 0 unspecified atom stereocenters. The van der Waals surface area contributed by atoms with Crippen molar-refractivity contribution < 1.29 is 0 Å². The Hall–Kier alpha value is -0.380. The molecule has 0 bridgehead atoms. The molecule has 0 spiro atoms. The van der Waals surface area contributed by atoms with Crippen LogP contribution in [0.3, 0.4) is 0 Å². The highest BCUT2D eigenvalue weighted by Gasteiger charge is 2.15. The number of hydrogen-bond donors (Lipinski definition) is 2. The van der Waals surface area contributed by atoms with Crippen LogP contribution in [0, 0.1) is 0 Å². The first kappa shape index (κ1) is 10.7. The van der Waals surface area contributed by atoms with E-state index in [0.29, 0.717) is 0 Å². The standard InChI is InChI=1S/C10H15BrN2/c1-2-9(12)10(13)7-5-3-4-6-8(7)11/h3-6,9-10H,2,12-13H2,1H3/t9-,10-/m0/s1. The molecule has 0 aromatic heterocycles. The lowest BCUT2D eigenvalue weighted by Crippen LogP contribution is -2.33. The number of halogens is 1. The molecule has 0 saturated heterocycles. The van der Waals surface area contributed by atoms with Gasteiger partial charge in [-0.3, -0.25) is 0 Å². The fourth-order valence-corrected chi connectivity index (χ4v) is 1.78. The van der Waals surface area contributed by atoms with E-state index in [1.807, 2.05) is 31.2 Å². The fourth-order valence-electron chi connectivity index (χ4n) is 1.23. The predicted molar refractivity (Wildman–Crippen MR) is 59.3 cm³/mol. The highest BCUT2D eigenvalue weighted by atomic mass is 79.9. The zero-order valence-corrected chi connectivity index (χ0v) is 9.29. The fraction of sp³-hybridized carbons (Fsp3) is 0.400. The lowest BCUT2D eigenvalue weighted by molar-refractivity contribution is 0.531. The zero-order valence-electron chi connectivity index (χ0n) is 7.70. The third kappa shape index (κ3) is 2.53. The van der Waals surface area contributed by atoms with Crippen molar-refractivity contribution in [3.05, 3.63) is 34.3 Å². The summed E-state index contributed by atoms with van der Waals surface area (Å²) in [4.78, 5) is 0. The van der Waals surface area contributed by atoms with Crippen molar-refractivity contribution in [1.29, 1.82) is 0 Å². The number of benzene rings is 1. The Labute approximate surface area is 87.4 Å². The molecular formula is C10H15BrN2. The lowest BCUT2D eigenvalue weighted by Gasteiger charge is -2.19.